The molecule has 0 unspecified atom stereocenters. The number of thiophene rings is 1. The Hall–Kier alpha value is -2.60. The molecular weight excluding hydrogens is 469 g/mol. The highest BCUT2D eigenvalue weighted by atomic mass is 32.2. The lowest BCUT2D eigenvalue weighted by atomic mass is 9.94. The first-order chi connectivity index (χ1) is 14.9. The smallest absolute Gasteiger partial charge is 0.475 e. The highest BCUT2D eigenvalue weighted by Crippen LogP contribution is 2.48. The first-order valence-electron chi connectivity index (χ1n) is 9.67. The summed E-state index contributed by atoms with van der Waals surface area (Å²) in [6.45, 7) is 2.80. The summed E-state index contributed by atoms with van der Waals surface area (Å²) in [5.41, 5.74) is 1.01. The van der Waals surface area contributed by atoms with Gasteiger partial charge in [0, 0.05) is 12.2 Å². The molecule has 1 fully saturated rings. The van der Waals surface area contributed by atoms with E-state index in [1.54, 1.807) is 29.6 Å². The van der Waals surface area contributed by atoms with Crippen molar-refractivity contribution in [3.63, 3.8) is 0 Å². The van der Waals surface area contributed by atoms with E-state index in [0.29, 0.717) is 12.2 Å². The lowest BCUT2D eigenvalue weighted by Gasteiger charge is -2.16. The first kappa shape index (κ1) is 25.7. The number of unbranched alkanes of at least 4 members (excludes halogenated alkanes) is 1. The van der Waals surface area contributed by atoms with Crippen LogP contribution in [0.3, 0.4) is 0 Å². The van der Waals surface area contributed by atoms with Gasteiger partial charge in [-0.05, 0) is 48.4 Å². The molecule has 1 amide bonds. The average Bonchev–Trinajstić information content (AvgIpc) is 3.32. The van der Waals surface area contributed by atoms with Crippen LogP contribution in [0, 0.1) is 0 Å². The maximum Gasteiger partial charge on any atom is 0.490 e. The highest BCUT2D eigenvalue weighted by molar-refractivity contribution is 7.94. The van der Waals surface area contributed by atoms with Gasteiger partial charge in [-0.25, -0.2) is 13.2 Å². The van der Waals surface area contributed by atoms with Crippen molar-refractivity contribution in [3.05, 3.63) is 47.3 Å². The maximum atomic E-state index is 12.5. The Morgan fingerprint density at radius 3 is 2.19 bits per heavy atom. The molecule has 1 aromatic heterocycles. The predicted molar refractivity (Wildman–Crippen MR) is 114 cm³/mol. The number of nitrogens with one attached hydrogen (secondary N) is 2. The van der Waals surface area contributed by atoms with Gasteiger partial charge in [0.15, 0.2) is 0 Å². The molecule has 2 aromatic rings. The van der Waals surface area contributed by atoms with Gasteiger partial charge in [-0.2, -0.15) is 13.2 Å². The zero-order valence-electron chi connectivity index (χ0n) is 17.1. The molecule has 32 heavy (non-hydrogen) atoms. The Kier molecular flexibility index (Phi) is 8.29. The molecule has 1 aromatic carbocycles. The summed E-state index contributed by atoms with van der Waals surface area (Å²) >= 11 is 1.18. The largest absolute Gasteiger partial charge is 0.490 e. The fraction of sp³-hybridized carbons (Fsp3) is 0.400. The summed E-state index contributed by atoms with van der Waals surface area (Å²) in [7, 11) is -3.54. The van der Waals surface area contributed by atoms with Crippen LogP contribution in [0.5, 0.6) is 0 Å². The molecule has 0 atom stereocenters. The lowest BCUT2D eigenvalue weighted by Crippen LogP contribution is -2.35. The minimum atomic E-state index is -5.08. The van der Waals surface area contributed by atoms with Gasteiger partial charge in [-0.3, -0.25) is 9.52 Å². The fourth-order valence-corrected chi connectivity index (χ4v) is 4.85. The molecule has 176 valence electrons. The van der Waals surface area contributed by atoms with E-state index < -0.39 is 27.6 Å². The number of sulfonamides is 1. The SMILES string of the molecule is CCCCNC(=O)C1(c2ccc(NS(=O)(=O)c3cccs3)cc2)CC1.O=C(O)C(F)(F)F. The van der Waals surface area contributed by atoms with Crippen molar-refractivity contribution in [1.29, 1.82) is 0 Å². The van der Waals surface area contributed by atoms with Crippen LogP contribution in [-0.4, -0.2) is 38.1 Å². The van der Waals surface area contributed by atoms with Crippen LogP contribution >= 0.6 is 11.3 Å². The second kappa shape index (κ2) is 10.3. The predicted octanol–water partition coefficient (Wildman–Crippen LogP) is 4.13. The molecule has 0 bridgehead atoms. The quantitative estimate of drug-likeness (QED) is 0.480. The third-order valence-corrected chi connectivity index (χ3v) is 7.47. The molecule has 0 radical (unpaired) electrons. The number of amides is 1. The average molecular weight is 493 g/mol. The second-order valence-corrected chi connectivity index (χ2v) is 9.97. The van der Waals surface area contributed by atoms with Gasteiger partial charge < -0.3 is 10.4 Å². The summed E-state index contributed by atoms with van der Waals surface area (Å²) in [5.74, 6) is -2.68. The van der Waals surface area contributed by atoms with Crippen molar-refractivity contribution < 1.29 is 36.3 Å². The number of alkyl halides is 3. The minimum absolute atomic E-state index is 0.0767. The lowest BCUT2D eigenvalue weighted by molar-refractivity contribution is -0.192. The molecule has 1 saturated carbocycles. The van der Waals surface area contributed by atoms with Crippen LogP contribution in [0.4, 0.5) is 18.9 Å². The number of benzene rings is 1. The molecular formula is C20H23F3N2O5S2. The number of aliphatic carboxylic acids is 1. The van der Waals surface area contributed by atoms with Gasteiger partial charge in [0.25, 0.3) is 10.0 Å². The van der Waals surface area contributed by atoms with Crippen LogP contribution in [0.25, 0.3) is 0 Å². The monoisotopic (exact) mass is 492 g/mol. The summed E-state index contributed by atoms with van der Waals surface area (Å²) in [6.07, 6.45) is -1.38. The standard InChI is InChI=1S/C18H22N2O3S2.C2HF3O2/c1-2-3-12-19-17(21)18(10-11-18)14-6-8-15(9-7-14)20-25(22,23)16-5-4-13-24-16;3-2(4,5)1(6)7/h4-9,13,20H,2-3,10-12H2,1H3,(H,19,21);(H,6,7). The van der Waals surface area contributed by atoms with Gasteiger partial charge >= 0.3 is 12.1 Å². The molecule has 3 rings (SSSR count). The van der Waals surface area contributed by atoms with Gasteiger partial charge in [-0.15, -0.1) is 11.3 Å². The number of carbonyl (C=O) groups excluding carboxylic acids is 1. The number of hydrogen-bond donors (Lipinski definition) is 3. The molecule has 0 aliphatic heterocycles. The number of anilines is 1. The molecule has 12 heteroatoms. The number of hydrogen-bond acceptors (Lipinski definition) is 5. The zero-order valence-corrected chi connectivity index (χ0v) is 18.7. The van der Waals surface area contributed by atoms with E-state index in [2.05, 4.69) is 17.0 Å². The summed E-state index contributed by atoms with van der Waals surface area (Å²) in [6, 6.07) is 10.4. The zero-order chi connectivity index (χ0) is 24.0. The molecule has 1 aliphatic rings. The third kappa shape index (κ3) is 6.70. The summed E-state index contributed by atoms with van der Waals surface area (Å²) in [5, 5.41) is 11.9. The van der Waals surface area contributed by atoms with E-state index in [1.165, 1.54) is 11.3 Å². The highest BCUT2D eigenvalue weighted by Gasteiger charge is 2.51. The molecule has 1 aliphatic carbocycles. The van der Waals surface area contributed by atoms with E-state index in [0.717, 1.165) is 31.2 Å². The normalized spacial score (nSPS) is 14.6. The number of carboxylic acid groups (broad SMARTS) is 1. The van der Waals surface area contributed by atoms with Crippen molar-refractivity contribution in [2.45, 2.75) is 48.4 Å². The fourth-order valence-electron chi connectivity index (χ4n) is 2.80. The molecule has 0 spiro atoms. The van der Waals surface area contributed by atoms with E-state index in [1.807, 2.05) is 12.1 Å². The number of carboxylic acids is 1. The van der Waals surface area contributed by atoms with Crippen LogP contribution in [0.2, 0.25) is 0 Å². The first-order valence-corrected chi connectivity index (χ1v) is 12.0. The van der Waals surface area contributed by atoms with Gasteiger partial charge in [0.05, 0.1) is 5.41 Å². The maximum absolute atomic E-state index is 12.5. The van der Waals surface area contributed by atoms with Crippen molar-refractivity contribution in [1.82, 2.24) is 5.32 Å². The summed E-state index contributed by atoms with van der Waals surface area (Å²) < 4.78 is 59.1. The number of rotatable bonds is 8. The molecule has 3 N–H and O–H groups in total. The van der Waals surface area contributed by atoms with Crippen molar-refractivity contribution in [2.75, 3.05) is 11.3 Å². The van der Waals surface area contributed by atoms with Crippen LogP contribution in [0.15, 0.2) is 46.0 Å². The van der Waals surface area contributed by atoms with Crippen LogP contribution in [0.1, 0.15) is 38.2 Å². The molecule has 7 nitrogen and oxygen atoms in total. The second-order valence-electron chi connectivity index (χ2n) is 7.11. The Balaban J connectivity index is 0.000000451. The molecule has 0 saturated heterocycles. The van der Waals surface area contributed by atoms with Gasteiger partial charge in [0.2, 0.25) is 5.91 Å². The van der Waals surface area contributed by atoms with E-state index in [-0.39, 0.29) is 10.1 Å². The Bertz CT molecular complexity index is 1020. The number of carbonyl (C=O) groups is 2. The van der Waals surface area contributed by atoms with Crippen molar-refractivity contribution in [2.24, 2.45) is 0 Å². The third-order valence-electron chi connectivity index (χ3n) is 4.69. The van der Waals surface area contributed by atoms with Crippen LogP contribution < -0.4 is 10.0 Å². The van der Waals surface area contributed by atoms with E-state index in [9.17, 15) is 26.4 Å². The Morgan fingerprint density at radius 1 is 1.16 bits per heavy atom. The Morgan fingerprint density at radius 2 is 1.75 bits per heavy atom. The van der Waals surface area contributed by atoms with Crippen molar-refractivity contribution in [3.8, 4) is 0 Å². The minimum Gasteiger partial charge on any atom is -0.475 e. The van der Waals surface area contributed by atoms with Gasteiger partial charge in [-0.1, -0.05) is 31.5 Å². The van der Waals surface area contributed by atoms with E-state index >= 15 is 0 Å². The van der Waals surface area contributed by atoms with E-state index in [4.69, 9.17) is 9.90 Å². The summed E-state index contributed by atoms with van der Waals surface area (Å²) in [4.78, 5) is 21.3. The molecule has 1 heterocycles. The Labute approximate surface area is 187 Å². The van der Waals surface area contributed by atoms with Crippen LogP contribution in [-0.2, 0) is 25.0 Å². The topological polar surface area (TPSA) is 113 Å². The number of halogens is 3. The van der Waals surface area contributed by atoms with Gasteiger partial charge in [0.1, 0.15) is 4.21 Å². The van der Waals surface area contributed by atoms with Crippen molar-refractivity contribution >= 4 is 38.9 Å².